The third-order valence-electron chi connectivity index (χ3n) is 6.70. The summed E-state index contributed by atoms with van der Waals surface area (Å²) < 4.78 is 0. The highest BCUT2D eigenvalue weighted by atomic mass is 32.1. The molecule has 0 radical (unpaired) electrons. The van der Waals surface area contributed by atoms with Crippen molar-refractivity contribution in [2.75, 3.05) is 13.1 Å². The quantitative estimate of drug-likeness (QED) is 0.399. The van der Waals surface area contributed by atoms with Crippen LogP contribution in [-0.4, -0.2) is 45.8 Å². The molecule has 0 bridgehead atoms. The minimum Gasteiger partial charge on any atom is -0.350 e. The van der Waals surface area contributed by atoms with Crippen molar-refractivity contribution in [3.8, 4) is 10.4 Å². The molecule has 1 aliphatic heterocycles. The first-order valence-electron chi connectivity index (χ1n) is 12.0. The fourth-order valence-electron chi connectivity index (χ4n) is 4.89. The van der Waals surface area contributed by atoms with E-state index in [1.807, 2.05) is 66.4 Å². The summed E-state index contributed by atoms with van der Waals surface area (Å²) in [6, 6.07) is 19.3. The van der Waals surface area contributed by atoms with Gasteiger partial charge >= 0.3 is 0 Å². The maximum absolute atomic E-state index is 13.8. The molecule has 180 valence electrons. The minimum absolute atomic E-state index is 0. The molecule has 3 heterocycles. The van der Waals surface area contributed by atoms with Crippen LogP contribution in [0.1, 0.15) is 47.0 Å². The highest BCUT2D eigenvalue weighted by molar-refractivity contribution is 7.15. The molecule has 0 unspecified atom stereocenters. The van der Waals surface area contributed by atoms with Crippen LogP contribution in [0.5, 0.6) is 0 Å². The van der Waals surface area contributed by atoms with Crippen molar-refractivity contribution in [1.29, 1.82) is 0 Å². The van der Waals surface area contributed by atoms with Crippen molar-refractivity contribution < 1.29 is 11.0 Å². The lowest BCUT2D eigenvalue weighted by Gasteiger charge is -2.40. The van der Waals surface area contributed by atoms with Crippen LogP contribution in [0.4, 0.5) is 0 Å². The molecule has 35 heavy (non-hydrogen) atoms. The Hall–Kier alpha value is -3.58. The number of aryl methyl sites for hydroxylation is 1. The number of amides is 2. The molecule has 7 heteroatoms. The lowest BCUT2D eigenvalue weighted by molar-refractivity contribution is 0.0503. The number of rotatable bonds is 5. The predicted octanol–water partition coefficient (Wildman–Crippen LogP) is 5.58. The van der Waals surface area contributed by atoms with Gasteiger partial charge in [0.25, 0.3) is 11.8 Å². The zero-order chi connectivity index (χ0) is 24.4. The number of fused-ring (bicyclic) bond motifs is 1. The first-order chi connectivity index (χ1) is 17.0. The van der Waals surface area contributed by atoms with E-state index in [0.29, 0.717) is 29.9 Å². The van der Waals surface area contributed by atoms with Gasteiger partial charge in [0, 0.05) is 26.1 Å². The molecule has 4 aromatic rings. The summed E-state index contributed by atoms with van der Waals surface area (Å²) in [4.78, 5) is 38.8. The summed E-state index contributed by atoms with van der Waals surface area (Å²) in [5.74, 6) is 0.0262. The standard InChI is InChI=1S/C28H28N4O2S.H2/c1-18-9-8-16-32(28(34)25-26(35-19(2)31-25)21-10-4-3-5-11-21)23(18)17-30-27(33)22-14-6-12-20-13-7-15-29-24(20)22;/h3-7,10-15,18,23H,8-9,16-17H2,1-2H3,(H,30,33);1H/t18-,23+;/m0./s1. The Balaban J connectivity index is 0.00000304. The first-order valence-corrected chi connectivity index (χ1v) is 12.8. The molecule has 5 rings (SSSR count). The number of hydrogen-bond donors (Lipinski definition) is 1. The SMILES string of the molecule is Cc1nc(C(=O)N2CCC[C@H](C)[C@H]2CNC(=O)c2cccc3cccnc23)c(-c2ccccc2)s1.[HH]. The van der Waals surface area contributed by atoms with Gasteiger partial charge < -0.3 is 10.2 Å². The second-order valence-corrected chi connectivity index (χ2v) is 10.3. The van der Waals surface area contributed by atoms with E-state index in [2.05, 4.69) is 22.2 Å². The molecule has 0 saturated carbocycles. The highest BCUT2D eigenvalue weighted by Crippen LogP contribution is 2.33. The number of carbonyl (C=O) groups excluding carboxylic acids is 2. The monoisotopic (exact) mass is 486 g/mol. The molecule has 1 aliphatic rings. The average Bonchev–Trinajstić information content (AvgIpc) is 3.29. The van der Waals surface area contributed by atoms with E-state index >= 15 is 0 Å². The van der Waals surface area contributed by atoms with Gasteiger partial charge in [0.2, 0.25) is 0 Å². The Bertz CT molecular complexity index is 1370. The molecule has 0 spiro atoms. The maximum Gasteiger partial charge on any atom is 0.274 e. The average molecular weight is 487 g/mol. The predicted molar refractivity (Wildman–Crippen MR) is 142 cm³/mol. The number of likely N-dealkylation sites (tertiary alicyclic amines) is 1. The highest BCUT2D eigenvalue weighted by Gasteiger charge is 2.35. The van der Waals surface area contributed by atoms with E-state index in [9.17, 15) is 9.59 Å². The molecule has 1 N–H and O–H groups in total. The molecule has 1 saturated heterocycles. The van der Waals surface area contributed by atoms with Crippen molar-refractivity contribution in [2.45, 2.75) is 32.7 Å². The van der Waals surface area contributed by atoms with Gasteiger partial charge in [-0.3, -0.25) is 14.6 Å². The summed E-state index contributed by atoms with van der Waals surface area (Å²) in [5.41, 5.74) is 2.73. The fourth-order valence-corrected chi connectivity index (χ4v) is 5.80. The lowest BCUT2D eigenvalue weighted by atomic mass is 9.90. The van der Waals surface area contributed by atoms with Crippen LogP contribution < -0.4 is 5.32 Å². The number of carbonyl (C=O) groups is 2. The number of nitrogens with one attached hydrogen (secondary N) is 1. The molecule has 6 nitrogen and oxygen atoms in total. The van der Waals surface area contributed by atoms with Gasteiger partial charge in [0.15, 0.2) is 0 Å². The number of thiazole rings is 1. The van der Waals surface area contributed by atoms with Crippen molar-refractivity contribution in [1.82, 2.24) is 20.2 Å². The van der Waals surface area contributed by atoms with Crippen LogP contribution in [0, 0.1) is 12.8 Å². The largest absolute Gasteiger partial charge is 0.350 e. The van der Waals surface area contributed by atoms with Gasteiger partial charge in [0.05, 0.1) is 27.0 Å². The van der Waals surface area contributed by atoms with Crippen LogP contribution in [-0.2, 0) is 0 Å². The van der Waals surface area contributed by atoms with E-state index < -0.39 is 0 Å². The molecule has 2 amide bonds. The number of benzene rings is 2. The molecular formula is C28H30N4O2S. The molecule has 2 atom stereocenters. The lowest BCUT2D eigenvalue weighted by Crippen LogP contribution is -2.53. The van der Waals surface area contributed by atoms with Crippen LogP contribution in [0.15, 0.2) is 66.9 Å². The van der Waals surface area contributed by atoms with Gasteiger partial charge in [-0.05, 0) is 43.4 Å². The number of nitrogens with zero attached hydrogens (tertiary/aromatic N) is 3. The Labute approximate surface area is 210 Å². The zero-order valence-electron chi connectivity index (χ0n) is 19.9. The van der Waals surface area contributed by atoms with Crippen LogP contribution in [0.2, 0.25) is 0 Å². The molecule has 0 aliphatic carbocycles. The van der Waals surface area contributed by atoms with E-state index in [0.717, 1.165) is 33.7 Å². The third-order valence-corrected chi connectivity index (χ3v) is 7.72. The second kappa shape index (κ2) is 9.96. The van der Waals surface area contributed by atoms with E-state index in [4.69, 9.17) is 0 Å². The summed E-state index contributed by atoms with van der Waals surface area (Å²) in [6.45, 7) is 5.13. The topological polar surface area (TPSA) is 75.2 Å². The van der Waals surface area contributed by atoms with Crippen LogP contribution in [0.25, 0.3) is 21.3 Å². The van der Waals surface area contributed by atoms with Gasteiger partial charge in [-0.1, -0.05) is 55.5 Å². The zero-order valence-corrected chi connectivity index (χ0v) is 20.7. The molecule has 2 aromatic carbocycles. The summed E-state index contributed by atoms with van der Waals surface area (Å²) in [7, 11) is 0. The normalized spacial score (nSPS) is 17.9. The van der Waals surface area contributed by atoms with E-state index in [1.54, 1.807) is 23.6 Å². The Morgan fingerprint density at radius 1 is 1.11 bits per heavy atom. The Kier molecular flexibility index (Phi) is 6.59. The van der Waals surface area contributed by atoms with Gasteiger partial charge in [-0.15, -0.1) is 11.3 Å². The number of para-hydroxylation sites is 1. The summed E-state index contributed by atoms with van der Waals surface area (Å²) in [6.07, 6.45) is 3.65. The van der Waals surface area contributed by atoms with Crippen molar-refractivity contribution in [2.24, 2.45) is 5.92 Å². The first kappa shape index (κ1) is 23.2. The maximum atomic E-state index is 13.8. The molecular weight excluding hydrogens is 456 g/mol. The van der Waals surface area contributed by atoms with Crippen molar-refractivity contribution in [3.63, 3.8) is 0 Å². The van der Waals surface area contributed by atoms with E-state index in [1.165, 1.54) is 0 Å². The fraction of sp³-hybridized carbons (Fsp3) is 0.286. The second-order valence-electron chi connectivity index (χ2n) is 9.05. The van der Waals surface area contributed by atoms with Crippen LogP contribution in [0.3, 0.4) is 0 Å². The number of aromatic nitrogens is 2. The smallest absolute Gasteiger partial charge is 0.274 e. The van der Waals surface area contributed by atoms with Crippen LogP contribution >= 0.6 is 11.3 Å². The van der Waals surface area contributed by atoms with Gasteiger partial charge in [-0.2, -0.15) is 0 Å². The summed E-state index contributed by atoms with van der Waals surface area (Å²) in [5, 5.41) is 4.88. The minimum atomic E-state index is -0.172. The van der Waals surface area contributed by atoms with Crippen molar-refractivity contribution >= 4 is 34.1 Å². The Morgan fingerprint density at radius 3 is 2.74 bits per heavy atom. The van der Waals surface area contributed by atoms with E-state index in [-0.39, 0.29) is 25.2 Å². The Morgan fingerprint density at radius 2 is 1.91 bits per heavy atom. The number of hydrogen-bond acceptors (Lipinski definition) is 5. The number of piperidine rings is 1. The van der Waals surface area contributed by atoms with Gasteiger partial charge in [0.1, 0.15) is 5.69 Å². The van der Waals surface area contributed by atoms with Gasteiger partial charge in [-0.25, -0.2) is 4.98 Å². The summed E-state index contributed by atoms with van der Waals surface area (Å²) >= 11 is 1.54. The molecule has 1 fully saturated rings. The number of pyridine rings is 1. The van der Waals surface area contributed by atoms with Crippen molar-refractivity contribution in [3.05, 3.63) is 83.1 Å². The molecule has 2 aromatic heterocycles. The third kappa shape index (κ3) is 4.68.